The third kappa shape index (κ3) is 3.07. The molecule has 1 aliphatic heterocycles. The van der Waals surface area contributed by atoms with E-state index in [-0.39, 0.29) is 6.61 Å². The second kappa shape index (κ2) is 7.41. The van der Waals surface area contributed by atoms with E-state index in [1.54, 1.807) is 0 Å². The summed E-state index contributed by atoms with van der Waals surface area (Å²) < 4.78 is 5.94. The van der Waals surface area contributed by atoms with Crippen molar-refractivity contribution in [2.75, 3.05) is 33.9 Å². The molecule has 0 fully saturated rings. The van der Waals surface area contributed by atoms with Crippen LogP contribution in [0, 0.1) is 12.3 Å². The third-order valence-corrected chi connectivity index (χ3v) is 5.21. The van der Waals surface area contributed by atoms with Crippen molar-refractivity contribution in [2.24, 2.45) is 5.16 Å². The smallest absolute Gasteiger partial charge is 0.177 e. The Bertz CT molecular complexity index is 1200. The number of aromatic nitrogens is 1. The highest BCUT2D eigenvalue weighted by atomic mass is 17.2. The predicted octanol–water partition coefficient (Wildman–Crippen LogP) is 3.31. The van der Waals surface area contributed by atoms with Gasteiger partial charge in [0.05, 0.1) is 5.69 Å². The molecular weight excluding hydrogens is 382 g/mol. The van der Waals surface area contributed by atoms with Gasteiger partial charge >= 0.3 is 0 Å². The predicted molar refractivity (Wildman–Crippen MR) is 114 cm³/mol. The molecule has 0 saturated heterocycles. The molecule has 1 N–H and O–H groups in total. The summed E-state index contributed by atoms with van der Waals surface area (Å²) in [6.45, 7) is 1.97. The minimum atomic E-state index is 0.0972. The molecule has 7 nitrogen and oxygen atoms in total. The first-order chi connectivity index (χ1) is 14.7. The number of nitrogens with one attached hydrogen (secondary N) is 1. The van der Waals surface area contributed by atoms with E-state index < -0.39 is 0 Å². The number of aromatic amines is 1. The normalized spacial score (nSPS) is 15.1. The molecule has 0 atom stereocenters. The minimum absolute atomic E-state index is 0.0972. The van der Waals surface area contributed by atoms with Gasteiger partial charge in [0.15, 0.2) is 12.4 Å². The van der Waals surface area contributed by atoms with Gasteiger partial charge in [-0.3, -0.25) is 0 Å². The van der Waals surface area contributed by atoms with E-state index in [9.17, 15) is 0 Å². The van der Waals surface area contributed by atoms with E-state index >= 15 is 0 Å². The SMILES string of the molecule is C#CCO/N=C1/c2cc3c(cc2-c2[nH]c4ccc(OCCN(C)C)cc4c21)COO3. The zero-order valence-electron chi connectivity index (χ0n) is 16.8. The van der Waals surface area contributed by atoms with Crippen LogP contribution in [0.15, 0.2) is 35.5 Å². The molecule has 2 aliphatic rings. The quantitative estimate of drug-likeness (QED) is 0.232. The Hall–Kier alpha value is -3.47. The van der Waals surface area contributed by atoms with Gasteiger partial charge in [-0.15, -0.1) is 6.42 Å². The maximum atomic E-state index is 5.94. The van der Waals surface area contributed by atoms with Crippen LogP contribution in [-0.2, 0) is 16.3 Å². The van der Waals surface area contributed by atoms with Gasteiger partial charge < -0.3 is 24.3 Å². The molecule has 1 aromatic heterocycles. The topological polar surface area (TPSA) is 68.3 Å². The number of nitrogens with zero attached hydrogens (tertiary/aromatic N) is 2. The molecule has 2 aromatic carbocycles. The Labute approximate surface area is 174 Å². The van der Waals surface area contributed by atoms with Crippen molar-refractivity contribution in [3.8, 4) is 35.1 Å². The van der Waals surface area contributed by atoms with Gasteiger partial charge in [0.1, 0.15) is 24.7 Å². The molecule has 30 heavy (non-hydrogen) atoms. The fourth-order valence-corrected chi connectivity index (χ4v) is 3.79. The molecule has 2 heterocycles. The first-order valence-corrected chi connectivity index (χ1v) is 9.70. The number of hydrogen-bond donors (Lipinski definition) is 1. The lowest BCUT2D eigenvalue weighted by Crippen LogP contribution is -2.19. The Balaban J connectivity index is 1.61. The lowest BCUT2D eigenvalue weighted by molar-refractivity contribution is -0.194. The molecule has 0 spiro atoms. The van der Waals surface area contributed by atoms with Crippen LogP contribution in [0.25, 0.3) is 22.2 Å². The number of likely N-dealkylation sites (N-methyl/N-ethyl adjacent to an activating group) is 1. The van der Waals surface area contributed by atoms with Gasteiger partial charge in [0.25, 0.3) is 0 Å². The van der Waals surface area contributed by atoms with Crippen LogP contribution in [0.4, 0.5) is 0 Å². The molecule has 152 valence electrons. The molecule has 5 rings (SSSR count). The highest BCUT2D eigenvalue weighted by Gasteiger charge is 2.33. The fraction of sp³-hybridized carbons (Fsp3) is 0.261. The lowest BCUT2D eigenvalue weighted by Gasteiger charge is -2.11. The Morgan fingerprint density at radius 3 is 2.97 bits per heavy atom. The molecule has 0 radical (unpaired) electrons. The van der Waals surface area contributed by atoms with E-state index in [0.717, 1.165) is 51.1 Å². The number of fused-ring (bicyclic) bond motifs is 6. The van der Waals surface area contributed by atoms with E-state index in [1.165, 1.54) is 0 Å². The number of oxime groups is 1. The van der Waals surface area contributed by atoms with Crippen molar-refractivity contribution in [1.29, 1.82) is 0 Å². The number of ether oxygens (including phenoxy) is 1. The maximum Gasteiger partial charge on any atom is 0.177 e. The summed E-state index contributed by atoms with van der Waals surface area (Å²) in [6.07, 6.45) is 5.33. The van der Waals surface area contributed by atoms with Gasteiger partial charge in [0, 0.05) is 39.7 Å². The summed E-state index contributed by atoms with van der Waals surface area (Å²) in [5.41, 5.74) is 6.62. The second-order valence-electron chi connectivity index (χ2n) is 7.50. The van der Waals surface area contributed by atoms with Crippen molar-refractivity contribution >= 4 is 16.6 Å². The summed E-state index contributed by atoms with van der Waals surface area (Å²) >= 11 is 0. The summed E-state index contributed by atoms with van der Waals surface area (Å²) in [5.74, 6) is 3.95. The van der Waals surface area contributed by atoms with E-state index in [0.29, 0.717) is 24.7 Å². The number of hydrogen-bond acceptors (Lipinski definition) is 6. The van der Waals surface area contributed by atoms with E-state index in [2.05, 4.69) is 27.0 Å². The summed E-state index contributed by atoms with van der Waals surface area (Å²) in [4.78, 5) is 21.4. The Kier molecular flexibility index (Phi) is 4.58. The standard InChI is InChI=1S/C23H21N3O4/c1-4-8-28-25-23-17-12-20-14(13-29-30-20)10-16(17)22-21(23)18-11-15(5-6-19(18)24-22)27-9-7-26(2)3/h1,5-6,10-12,24H,7-9,13H2,2-3H3/b25-23-. The highest BCUT2D eigenvalue weighted by molar-refractivity contribution is 6.29. The van der Waals surface area contributed by atoms with E-state index in [4.69, 9.17) is 25.8 Å². The highest BCUT2D eigenvalue weighted by Crippen LogP contribution is 2.45. The van der Waals surface area contributed by atoms with Crippen molar-refractivity contribution in [3.63, 3.8) is 0 Å². The number of benzene rings is 2. The van der Waals surface area contributed by atoms with Crippen LogP contribution in [-0.4, -0.2) is 49.4 Å². The second-order valence-corrected chi connectivity index (χ2v) is 7.50. The lowest BCUT2D eigenvalue weighted by atomic mass is 10.0. The van der Waals surface area contributed by atoms with Crippen LogP contribution in [0.1, 0.15) is 16.7 Å². The van der Waals surface area contributed by atoms with Crippen LogP contribution in [0.3, 0.4) is 0 Å². The number of H-pyrrole nitrogens is 1. The van der Waals surface area contributed by atoms with Crippen LogP contribution < -0.4 is 9.62 Å². The van der Waals surface area contributed by atoms with Gasteiger partial charge in [-0.1, -0.05) is 11.1 Å². The average molecular weight is 403 g/mol. The first-order valence-electron chi connectivity index (χ1n) is 9.70. The fourth-order valence-electron chi connectivity index (χ4n) is 3.79. The minimum Gasteiger partial charge on any atom is -0.492 e. The largest absolute Gasteiger partial charge is 0.492 e. The molecule has 3 aromatic rings. The van der Waals surface area contributed by atoms with Crippen molar-refractivity contribution in [2.45, 2.75) is 6.61 Å². The van der Waals surface area contributed by atoms with Gasteiger partial charge in [0.2, 0.25) is 0 Å². The third-order valence-electron chi connectivity index (χ3n) is 5.21. The number of terminal acetylenes is 1. The van der Waals surface area contributed by atoms with Crippen molar-refractivity contribution < 1.29 is 19.3 Å². The summed E-state index contributed by atoms with van der Waals surface area (Å²) in [5, 5.41) is 5.39. The average Bonchev–Trinajstić information content (AvgIpc) is 3.40. The van der Waals surface area contributed by atoms with Crippen LogP contribution >= 0.6 is 0 Å². The Morgan fingerprint density at radius 2 is 2.13 bits per heavy atom. The van der Waals surface area contributed by atoms with E-state index in [1.807, 2.05) is 38.4 Å². The summed E-state index contributed by atoms with van der Waals surface area (Å²) in [6, 6.07) is 10.0. The van der Waals surface area contributed by atoms with Crippen molar-refractivity contribution in [3.05, 3.63) is 47.0 Å². The van der Waals surface area contributed by atoms with Crippen molar-refractivity contribution in [1.82, 2.24) is 9.88 Å². The molecule has 1 aliphatic carbocycles. The maximum absolute atomic E-state index is 5.94. The molecule has 0 unspecified atom stereocenters. The molecule has 0 bridgehead atoms. The molecular formula is C23H21N3O4. The zero-order valence-corrected chi connectivity index (χ0v) is 16.8. The Morgan fingerprint density at radius 1 is 1.23 bits per heavy atom. The number of rotatable bonds is 6. The van der Waals surface area contributed by atoms with Crippen LogP contribution in [0.2, 0.25) is 0 Å². The first kappa shape index (κ1) is 18.6. The molecule has 0 saturated carbocycles. The van der Waals surface area contributed by atoms with Gasteiger partial charge in [-0.25, -0.2) is 0 Å². The zero-order chi connectivity index (χ0) is 20.7. The van der Waals surface area contributed by atoms with Gasteiger partial charge in [-0.2, -0.15) is 4.89 Å². The monoisotopic (exact) mass is 403 g/mol. The van der Waals surface area contributed by atoms with Crippen LogP contribution in [0.5, 0.6) is 11.5 Å². The summed E-state index contributed by atoms with van der Waals surface area (Å²) in [7, 11) is 4.04. The molecule has 0 amide bonds. The van der Waals surface area contributed by atoms with Gasteiger partial charge in [-0.05, 0) is 44.4 Å². The molecule has 7 heteroatoms.